The number of hydrogen-bond acceptors (Lipinski definition) is 4. The van der Waals surface area contributed by atoms with Crippen molar-refractivity contribution in [2.45, 2.75) is 19.9 Å². The molecule has 84 valence electrons. The van der Waals surface area contributed by atoms with Gasteiger partial charge in [0.1, 0.15) is 12.1 Å². The molecule has 1 heterocycles. The van der Waals surface area contributed by atoms with Gasteiger partial charge in [-0.2, -0.15) is 0 Å². The van der Waals surface area contributed by atoms with Gasteiger partial charge < -0.3 is 10.6 Å². The first-order valence-corrected chi connectivity index (χ1v) is 5.32. The number of fused-ring (bicyclic) bond motifs is 1. The van der Waals surface area contributed by atoms with Crippen molar-refractivity contribution in [3.8, 4) is 0 Å². The Balaban J connectivity index is 2.65. The van der Waals surface area contributed by atoms with E-state index in [1.54, 1.807) is 6.33 Å². The molecule has 0 aliphatic heterocycles. The first kappa shape index (κ1) is 10.7. The van der Waals surface area contributed by atoms with Crippen LogP contribution in [0.4, 0.5) is 11.5 Å². The minimum Gasteiger partial charge on any atom is -0.399 e. The zero-order valence-corrected chi connectivity index (χ0v) is 9.81. The van der Waals surface area contributed by atoms with Gasteiger partial charge in [-0.05, 0) is 32.0 Å². The Morgan fingerprint density at radius 2 is 2.00 bits per heavy atom. The van der Waals surface area contributed by atoms with Crippen molar-refractivity contribution in [1.82, 2.24) is 9.97 Å². The van der Waals surface area contributed by atoms with Gasteiger partial charge in [0.05, 0.1) is 5.52 Å². The molecule has 0 aliphatic carbocycles. The van der Waals surface area contributed by atoms with Crippen LogP contribution in [0, 0.1) is 0 Å². The molecule has 2 rings (SSSR count). The van der Waals surface area contributed by atoms with Gasteiger partial charge in [0.25, 0.3) is 0 Å². The van der Waals surface area contributed by atoms with E-state index in [9.17, 15) is 0 Å². The molecule has 2 N–H and O–H groups in total. The molecule has 0 saturated heterocycles. The standard InChI is InChI=1S/C12H16N4/c1-8(2)16(3)12-10-6-9(13)4-5-11(10)14-7-15-12/h4-8H,13H2,1-3H3. The van der Waals surface area contributed by atoms with Crippen molar-refractivity contribution in [3.63, 3.8) is 0 Å². The smallest absolute Gasteiger partial charge is 0.139 e. The van der Waals surface area contributed by atoms with Gasteiger partial charge in [0.2, 0.25) is 0 Å². The van der Waals surface area contributed by atoms with E-state index in [0.29, 0.717) is 6.04 Å². The summed E-state index contributed by atoms with van der Waals surface area (Å²) in [4.78, 5) is 10.7. The molecule has 1 aromatic carbocycles. The van der Waals surface area contributed by atoms with E-state index in [4.69, 9.17) is 5.73 Å². The molecule has 0 saturated carbocycles. The normalized spacial score (nSPS) is 11.0. The molecule has 0 atom stereocenters. The van der Waals surface area contributed by atoms with Gasteiger partial charge in [-0.15, -0.1) is 0 Å². The van der Waals surface area contributed by atoms with Gasteiger partial charge in [-0.3, -0.25) is 0 Å². The largest absolute Gasteiger partial charge is 0.399 e. The van der Waals surface area contributed by atoms with Crippen LogP contribution < -0.4 is 10.6 Å². The third-order valence-corrected chi connectivity index (χ3v) is 2.75. The van der Waals surface area contributed by atoms with E-state index < -0.39 is 0 Å². The van der Waals surface area contributed by atoms with E-state index in [0.717, 1.165) is 22.4 Å². The summed E-state index contributed by atoms with van der Waals surface area (Å²) in [5.41, 5.74) is 7.45. The summed E-state index contributed by atoms with van der Waals surface area (Å²) in [6.45, 7) is 4.25. The van der Waals surface area contributed by atoms with Crippen LogP contribution in [0.2, 0.25) is 0 Å². The second-order valence-corrected chi connectivity index (χ2v) is 4.18. The SMILES string of the molecule is CC(C)N(C)c1ncnc2ccc(N)cc12. The Morgan fingerprint density at radius 1 is 1.25 bits per heavy atom. The first-order valence-electron chi connectivity index (χ1n) is 5.32. The van der Waals surface area contributed by atoms with Crippen molar-refractivity contribution in [2.24, 2.45) is 0 Å². The number of benzene rings is 1. The van der Waals surface area contributed by atoms with Gasteiger partial charge >= 0.3 is 0 Å². The Hall–Kier alpha value is -1.84. The fourth-order valence-corrected chi connectivity index (χ4v) is 1.59. The Morgan fingerprint density at radius 3 is 2.69 bits per heavy atom. The average Bonchev–Trinajstić information content (AvgIpc) is 2.27. The van der Waals surface area contributed by atoms with E-state index in [1.807, 2.05) is 25.2 Å². The molecule has 1 aromatic heterocycles. The maximum Gasteiger partial charge on any atom is 0.139 e. The van der Waals surface area contributed by atoms with E-state index in [-0.39, 0.29) is 0 Å². The lowest BCUT2D eigenvalue weighted by Crippen LogP contribution is -2.26. The molecule has 0 spiro atoms. The van der Waals surface area contributed by atoms with Crippen LogP contribution in [-0.2, 0) is 0 Å². The summed E-state index contributed by atoms with van der Waals surface area (Å²) >= 11 is 0. The number of anilines is 2. The van der Waals surface area contributed by atoms with Crippen molar-refractivity contribution in [2.75, 3.05) is 17.7 Å². The van der Waals surface area contributed by atoms with Crippen molar-refractivity contribution in [3.05, 3.63) is 24.5 Å². The number of hydrogen-bond donors (Lipinski definition) is 1. The fraction of sp³-hybridized carbons (Fsp3) is 0.333. The van der Waals surface area contributed by atoms with E-state index in [2.05, 4.69) is 28.7 Å². The molecule has 0 bridgehead atoms. The second-order valence-electron chi connectivity index (χ2n) is 4.18. The monoisotopic (exact) mass is 216 g/mol. The van der Waals surface area contributed by atoms with Crippen molar-refractivity contribution >= 4 is 22.4 Å². The highest BCUT2D eigenvalue weighted by atomic mass is 15.2. The van der Waals surface area contributed by atoms with E-state index >= 15 is 0 Å². The lowest BCUT2D eigenvalue weighted by Gasteiger charge is -2.23. The van der Waals surface area contributed by atoms with Crippen LogP contribution in [-0.4, -0.2) is 23.1 Å². The summed E-state index contributed by atoms with van der Waals surface area (Å²) in [6, 6.07) is 6.08. The number of nitrogen functional groups attached to an aromatic ring is 1. The molecule has 0 amide bonds. The summed E-state index contributed by atoms with van der Waals surface area (Å²) in [7, 11) is 2.02. The number of rotatable bonds is 2. The molecular weight excluding hydrogens is 200 g/mol. The molecule has 4 heteroatoms. The van der Waals surface area contributed by atoms with Crippen LogP contribution in [0.5, 0.6) is 0 Å². The van der Waals surface area contributed by atoms with Gasteiger partial charge in [-0.25, -0.2) is 9.97 Å². The molecular formula is C12H16N4. The van der Waals surface area contributed by atoms with Crippen LogP contribution >= 0.6 is 0 Å². The molecule has 0 radical (unpaired) electrons. The van der Waals surface area contributed by atoms with Crippen LogP contribution in [0.1, 0.15) is 13.8 Å². The first-order chi connectivity index (χ1) is 7.59. The number of nitrogens with two attached hydrogens (primary N) is 1. The predicted octanol–water partition coefficient (Wildman–Crippen LogP) is 2.06. The van der Waals surface area contributed by atoms with Gasteiger partial charge in [0.15, 0.2) is 0 Å². The van der Waals surface area contributed by atoms with Crippen molar-refractivity contribution in [1.29, 1.82) is 0 Å². The zero-order valence-electron chi connectivity index (χ0n) is 9.81. The van der Waals surface area contributed by atoms with Crippen LogP contribution in [0.25, 0.3) is 10.9 Å². The highest BCUT2D eigenvalue weighted by Crippen LogP contribution is 2.24. The van der Waals surface area contributed by atoms with Gasteiger partial charge in [-0.1, -0.05) is 0 Å². The summed E-state index contributed by atoms with van der Waals surface area (Å²) in [5.74, 6) is 0.923. The average molecular weight is 216 g/mol. The minimum atomic E-state index is 0.388. The van der Waals surface area contributed by atoms with Gasteiger partial charge in [0, 0.05) is 24.2 Å². The maximum absolute atomic E-state index is 5.79. The molecule has 16 heavy (non-hydrogen) atoms. The maximum atomic E-state index is 5.79. The van der Waals surface area contributed by atoms with E-state index in [1.165, 1.54) is 0 Å². The van der Waals surface area contributed by atoms with Crippen LogP contribution in [0.15, 0.2) is 24.5 Å². The fourth-order valence-electron chi connectivity index (χ4n) is 1.59. The second kappa shape index (κ2) is 3.96. The predicted molar refractivity (Wildman–Crippen MR) is 67.5 cm³/mol. The molecule has 2 aromatic rings. The number of nitrogens with zero attached hydrogens (tertiary/aromatic N) is 3. The third kappa shape index (κ3) is 1.78. The number of aromatic nitrogens is 2. The highest BCUT2D eigenvalue weighted by Gasteiger charge is 2.10. The lowest BCUT2D eigenvalue weighted by molar-refractivity contribution is 0.745. The van der Waals surface area contributed by atoms with Crippen LogP contribution in [0.3, 0.4) is 0 Å². The Kier molecular flexibility index (Phi) is 2.64. The molecule has 0 fully saturated rings. The van der Waals surface area contributed by atoms with Crippen molar-refractivity contribution < 1.29 is 0 Å². The zero-order chi connectivity index (χ0) is 11.7. The third-order valence-electron chi connectivity index (χ3n) is 2.75. The summed E-state index contributed by atoms with van der Waals surface area (Å²) in [5, 5.41) is 0.999. The highest BCUT2D eigenvalue weighted by molar-refractivity contribution is 5.91. The Labute approximate surface area is 95.1 Å². The Bertz CT molecular complexity index is 507. The summed E-state index contributed by atoms with van der Waals surface area (Å²) in [6.07, 6.45) is 1.59. The lowest BCUT2D eigenvalue weighted by atomic mass is 10.2. The molecule has 0 aliphatic rings. The topological polar surface area (TPSA) is 55.0 Å². The molecule has 4 nitrogen and oxygen atoms in total. The quantitative estimate of drug-likeness (QED) is 0.781. The minimum absolute atomic E-state index is 0.388. The summed E-state index contributed by atoms with van der Waals surface area (Å²) < 4.78 is 0. The molecule has 0 unspecified atom stereocenters.